The van der Waals surface area contributed by atoms with Crippen molar-refractivity contribution in [1.82, 2.24) is 15.1 Å². The Labute approximate surface area is 190 Å². The van der Waals surface area contributed by atoms with Gasteiger partial charge in [-0.15, -0.1) is 0 Å². The van der Waals surface area contributed by atoms with Crippen LogP contribution in [0.2, 0.25) is 0 Å². The molecule has 0 unspecified atom stereocenters. The number of hydrogen-bond donors (Lipinski definition) is 1. The van der Waals surface area contributed by atoms with E-state index >= 15 is 0 Å². The molecule has 1 aliphatic heterocycles. The molecule has 8 heteroatoms. The number of ether oxygens (including phenoxy) is 1. The zero-order valence-electron chi connectivity index (χ0n) is 19.7. The Balaban J connectivity index is 1.40. The molecule has 3 amide bonds. The van der Waals surface area contributed by atoms with Gasteiger partial charge in [-0.3, -0.25) is 14.5 Å². The van der Waals surface area contributed by atoms with Gasteiger partial charge < -0.3 is 19.9 Å². The first kappa shape index (κ1) is 24.0. The first-order valence-electron chi connectivity index (χ1n) is 11.5. The number of carbonyl (C=O) groups excluding carboxylic acids is 3. The lowest BCUT2D eigenvalue weighted by Crippen LogP contribution is -2.50. The molecule has 8 nitrogen and oxygen atoms in total. The molecule has 1 aliphatic carbocycles. The molecule has 3 rings (SSSR count). The van der Waals surface area contributed by atoms with Crippen molar-refractivity contribution in [2.75, 3.05) is 51.2 Å². The molecular weight excluding hydrogens is 408 g/mol. The van der Waals surface area contributed by atoms with E-state index in [1.807, 2.05) is 39.0 Å². The molecule has 2 aliphatic rings. The smallest absolute Gasteiger partial charge is 0.410 e. The number of amides is 3. The lowest BCUT2D eigenvalue weighted by Gasteiger charge is -2.35. The largest absolute Gasteiger partial charge is 0.444 e. The van der Waals surface area contributed by atoms with Crippen molar-refractivity contribution in [3.05, 3.63) is 29.8 Å². The van der Waals surface area contributed by atoms with Crippen LogP contribution < -0.4 is 10.2 Å². The summed E-state index contributed by atoms with van der Waals surface area (Å²) in [6, 6.07) is 7.24. The maximum absolute atomic E-state index is 12.7. The summed E-state index contributed by atoms with van der Waals surface area (Å²) in [5.41, 5.74) is 0.695. The maximum Gasteiger partial charge on any atom is 0.410 e. The van der Waals surface area contributed by atoms with E-state index in [9.17, 15) is 14.4 Å². The van der Waals surface area contributed by atoms with Gasteiger partial charge in [-0.05, 0) is 58.7 Å². The summed E-state index contributed by atoms with van der Waals surface area (Å²) in [4.78, 5) is 43.0. The van der Waals surface area contributed by atoms with Gasteiger partial charge >= 0.3 is 6.09 Å². The molecule has 0 bridgehead atoms. The number of anilines is 1. The average Bonchev–Trinajstić information content (AvgIpc) is 3.60. The third-order valence-corrected chi connectivity index (χ3v) is 5.73. The van der Waals surface area contributed by atoms with Crippen molar-refractivity contribution >= 4 is 23.6 Å². The third-order valence-electron chi connectivity index (χ3n) is 5.73. The predicted molar refractivity (Wildman–Crippen MR) is 124 cm³/mol. The Morgan fingerprint density at radius 2 is 1.75 bits per heavy atom. The van der Waals surface area contributed by atoms with Gasteiger partial charge in [0.15, 0.2) is 0 Å². The second-order valence-corrected chi connectivity index (χ2v) is 9.61. The van der Waals surface area contributed by atoms with Crippen molar-refractivity contribution in [1.29, 1.82) is 0 Å². The van der Waals surface area contributed by atoms with E-state index < -0.39 is 5.60 Å². The number of piperazine rings is 1. The number of rotatable bonds is 7. The van der Waals surface area contributed by atoms with Crippen LogP contribution in [0.15, 0.2) is 24.3 Å². The Bertz CT molecular complexity index is 824. The molecule has 1 aromatic carbocycles. The third kappa shape index (κ3) is 6.69. The molecule has 176 valence electrons. The van der Waals surface area contributed by atoms with Crippen LogP contribution in [-0.2, 0) is 9.53 Å². The van der Waals surface area contributed by atoms with Gasteiger partial charge in [-0.2, -0.15) is 0 Å². The summed E-state index contributed by atoms with van der Waals surface area (Å²) in [5, 5.41) is 2.98. The van der Waals surface area contributed by atoms with E-state index in [4.69, 9.17) is 4.74 Å². The molecule has 1 aromatic rings. The Morgan fingerprint density at radius 3 is 2.38 bits per heavy atom. The van der Waals surface area contributed by atoms with Crippen molar-refractivity contribution < 1.29 is 19.1 Å². The molecule has 1 N–H and O–H groups in total. The van der Waals surface area contributed by atoms with Gasteiger partial charge in [-0.25, -0.2) is 4.79 Å². The van der Waals surface area contributed by atoms with E-state index in [0.29, 0.717) is 30.9 Å². The molecule has 32 heavy (non-hydrogen) atoms. The van der Waals surface area contributed by atoms with Crippen LogP contribution in [-0.4, -0.2) is 79.6 Å². The zero-order valence-corrected chi connectivity index (χ0v) is 19.7. The molecule has 1 saturated carbocycles. The molecule has 2 fully saturated rings. The highest BCUT2D eigenvalue weighted by molar-refractivity contribution is 6.05. The van der Waals surface area contributed by atoms with Gasteiger partial charge in [-0.1, -0.05) is 12.1 Å². The summed E-state index contributed by atoms with van der Waals surface area (Å²) < 4.78 is 5.43. The van der Waals surface area contributed by atoms with Crippen LogP contribution in [0.1, 0.15) is 50.4 Å². The predicted octanol–water partition coefficient (Wildman–Crippen LogP) is 2.73. The van der Waals surface area contributed by atoms with Gasteiger partial charge in [0, 0.05) is 45.7 Å². The normalized spacial score (nSPS) is 17.1. The van der Waals surface area contributed by atoms with Crippen molar-refractivity contribution in [3.8, 4) is 0 Å². The quantitative estimate of drug-likeness (QED) is 0.654. The van der Waals surface area contributed by atoms with Gasteiger partial charge in [0.1, 0.15) is 5.60 Å². The first-order chi connectivity index (χ1) is 15.2. The van der Waals surface area contributed by atoms with Gasteiger partial charge in [0.25, 0.3) is 5.91 Å². The van der Waals surface area contributed by atoms with Crippen LogP contribution in [0.4, 0.5) is 10.5 Å². The van der Waals surface area contributed by atoms with Crippen molar-refractivity contribution in [2.24, 2.45) is 5.92 Å². The molecule has 1 heterocycles. The summed E-state index contributed by atoms with van der Waals surface area (Å²) in [6.45, 7) is 9.91. The summed E-state index contributed by atoms with van der Waals surface area (Å²) >= 11 is 0. The summed E-state index contributed by atoms with van der Waals surface area (Å²) in [5.74, 6) is 0.0217. The second-order valence-electron chi connectivity index (χ2n) is 9.61. The highest BCUT2D eigenvalue weighted by Crippen LogP contribution is 2.33. The van der Waals surface area contributed by atoms with E-state index in [1.165, 1.54) is 0 Å². The highest BCUT2D eigenvalue weighted by Gasteiger charge is 2.33. The highest BCUT2D eigenvalue weighted by atomic mass is 16.6. The van der Waals surface area contributed by atoms with Crippen LogP contribution >= 0.6 is 0 Å². The lowest BCUT2D eigenvalue weighted by atomic mass is 10.1. The fraction of sp³-hybridized carbons (Fsp3) is 0.625. The number of benzene rings is 1. The fourth-order valence-corrected chi connectivity index (χ4v) is 3.76. The van der Waals surface area contributed by atoms with E-state index in [0.717, 1.165) is 38.9 Å². The minimum absolute atomic E-state index is 0.0794. The van der Waals surface area contributed by atoms with Gasteiger partial charge in [0.2, 0.25) is 5.91 Å². The van der Waals surface area contributed by atoms with Crippen LogP contribution in [0.5, 0.6) is 0 Å². The van der Waals surface area contributed by atoms with E-state index in [2.05, 4.69) is 10.2 Å². The van der Waals surface area contributed by atoms with E-state index in [1.54, 1.807) is 22.9 Å². The first-order valence-corrected chi connectivity index (χ1v) is 11.5. The summed E-state index contributed by atoms with van der Waals surface area (Å²) in [6.07, 6.45) is 2.43. The number of nitrogens with zero attached hydrogens (tertiary/aromatic N) is 3. The average molecular weight is 445 g/mol. The van der Waals surface area contributed by atoms with Crippen molar-refractivity contribution in [3.63, 3.8) is 0 Å². The van der Waals surface area contributed by atoms with Crippen LogP contribution in [0, 0.1) is 5.92 Å². The van der Waals surface area contributed by atoms with Crippen LogP contribution in [0.25, 0.3) is 0 Å². The van der Waals surface area contributed by atoms with Crippen molar-refractivity contribution in [2.45, 2.75) is 45.6 Å². The molecule has 1 saturated heterocycles. The Morgan fingerprint density at radius 1 is 1.09 bits per heavy atom. The topological polar surface area (TPSA) is 82.2 Å². The number of nitrogens with one attached hydrogen (secondary N) is 1. The van der Waals surface area contributed by atoms with E-state index in [-0.39, 0.29) is 23.8 Å². The Kier molecular flexibility index (Phi) is 7.77. The molecular formula is C24H36N4O4. The minimum atomic E-state index is -0.481. The van der Waals surface area contributed by atoms with Gasteiger partial charge in [0.05, 0.1) is 11.3 Å². The number of hydrogen-bond acceptors (Lipinski definition) is 5. The monoisotopic (exact) mass is 444 g/mol. The molecule has 0 aromatic heterocycles. The maximum atomic E-state index is 12.7. The SMILES string of the molecule is CN(C(=O)C1CC1)c1ccccc1C(=O)NCCCN1CCN(C(=O)OC(C)(C)C)CC1. The standard InChI is InChI=1S/C24H36N4O4/c1-24(2,3)32-23(31)28-16-14-27(15-17-28)13-7-12-25-21(29)19-8-5-6-9-20(19)26(4)22(30)18-10-11-18/h5-6,8-9,18H,7,10-17H2,1-4H3,(H,25,29). The summed E-state index contributed by atoms with van der Waals surface area (Å²) in [7, 11) is 1.74. The fourth-order valence-electron chi connectivity index (χ4n) is 3.76. The number of para-hydroxylation sites is 1. The molecule has 0 spiro atoms. The lowest BCUT2D eigenvalue weighted by molar-refractivity contribution is -0.119. The van der Waals surface area contributed by atoms with Crippen LogP contribution in [0.3, 0.4) is 0 Å². The Hall–Kier alpha value is -2.61. The zero-order chi connectivity index (χ0) is 23.3. The second kappa shape index (κ2) is 10.3. The molecule has 0 atom stereocenters. The number of carbonyl (C=O) groups is 3. The minimum Gasteiger partial charge on any atom is -0.444 e. The molecule has 0 radical (unpaired) electrons.